The molecule has 0 bridgehead atoms. The lowest BCUT2D eigenvalue weighted by Crippen LogP contribution is -2.13. The minimum atomic E-state index is -0.386. The third-order valence-electron chi connectivity index (χ3n) is 6.51. The van der Waals surface area contributed by atoms with Crippen molar-refractivity contribution in [3.05, 3.63) is 41.2 Å². The number of hydrogen-bond acceptors (Lipinski definition) is 2. The van der Waals surface area contributed by atoms with E-state index in [0.29, 0.717) is 5.56 Å². The van der Waals surface area contributed by atoms with Crippen molar-refractivity contribution in [1.29, 1.82) is 0 Å². The van der Waals surface area contributed by atoms with Gasteiger partial charge in [-0.2, -0.15) is 0 Å². The average molecular weight is 441 g/mol. The molecule has 0 atom stereocenters. The predicted molar refractivity (Wildman–Crippen MR) is 135 cm³/mol. The minimum absolute atomic E-state index is 0.210. The van der Waals surface area contributed by atoms with Gasteiger partial charge in [-0.05, 0) is 43.9 Å². The van der Waals surface area contributed by atoms with Crippen LogP contribution in [-0.2, 0) is 13.0 Å². The maximum atomic E-state index is 12.5. The molecule has 178 valence electrons. The molecule has 0 aliphatic carbocycles. The van der Waals surface area contributed by atoms with Crippen LogP contribution in [0.1, 0.15) is 113 Å². The summed E-state index contributed by atoms with van der Waals surface area (Å²) in [6.45, 7) is 7.40. The van der Waals surface area contributed by atoms with Crippen LogP contribution < -0.4 is 5.73 Å². The van der Waals surface area contributed by atoms with Gasteiger partial charge in [0.2, 0.25) is 0 Å². The molecule has 4 nitrogen and oxygen atoms in total. The third kappa shape index (κ3) is 7.43. The number of nitrogens with zero attached hydrogens (tertiary/aromatic N) is 1. The highest BCUT2D eigenvalue weighted by Crippen LogP contribution is 2.35. The van der Waals surface area contributed by atoms with Gasteiger partial charge in [-0.1, -0.05) is 90.2 Å². The molecule has 3 N–H and O–H groups in total. The van der Waals surface area contributed by atoms with Crippen molar-refractivity contribution >= 4 is 5.91 Å². The molecule has 0 aliphatic rings. The number of nitrogens with two attached hydrogens (primary N) is 1. The second kappa shape index (κ2) is 14.0. The number of benzene rings is 1. The molecule has 1 heterocycles. The van der Waals surface area contributed by atoms with Gasteiger partial charge >= 0.3 is 0 Å². The van der Waals surface area contributed by atoms with Gasteiger partial charge in [-0.25, -0.2) is 0 Å². The highest BCUT2D eigenvalue weighted by Gasteiger charge is 2.24. The Bertz CT molecular complexity index is 838. The Morgan fingerprint density at radius 3 is 2.09 bits per heavy atom. The molecule has 2 rings (SSSR count). The number of carbonyl (C=O) groups excluding carboxylic acids is 1. The molecule has 1 aromatic carbocycles. The standard InChI is InChI=1S/C28H44N2O2/c1-4-6-8-9-10-11-12-13-15-20-30-22(3)26(28(29)32)27(25(30)19-14-7-5-2)23-17-16-18-24(31)21-23/h16-18,21,31H,4-15,19-20H2,1-3H3,(H2,29,32). The minimum Gasteiger partial charge on any atom is -0.508 e. The van der Waals surface area contributed by atoms with E-state index >= 15 is 0 Å². The van der Waals surface area contributed by atoms with Crippen LogP contribution in [0.4, 0.5) is 0 Å². The van der Waals surface area contributed by atoms with E-state index in [9.17, 15) is 9.90 Å². The smallest absolute Gasteiger partial charge is 0.251 e. The number of rotatable bonds is 16. The average Bonchev–Trinajstić information content (AvgIpc) is 3.04. The summed E-state index contributed by atoms with van der Waals surface area (Å²) in [6, 6.07) is 7.20. The molecule has 1 amide bonds. The monoisotopic (exact) mass is 440 g/mol. The number of phenolic OH excluding ortho intramolecular Hbond substituents is 1. The Morgan fingerprint density at radius 2 is 1.50 bits per heavy atom. The van der Waals surface area contributed by atoms with Gasteiger partial charge in [0.15, 0.2) is 0 Å². The van der Waals surface area contributed by atoms with Crippen molar-refractivity contribution in [1.82, 2.24) is 4.57 Å². The maximum absolute atomic E-state index is 12.5. The summed E-state index contributed by atoms with van der Waals surface area (Å²) < 4.78 is 2.33. The number of unbranched alkanes of at least 4 members (excludes halogenated alkanes) is 10. The van der Waals surface area contributed by atoms with Crippen molar-refractivity contribution in [3.8, 4) is 16.9 Å². The number of hydrogen-bond donors (Lipinski definition) is 2. The van der Waals surface area contributed by atoms with Crippen molar-refractivity contribution in [2.45, 2.75) is 111 Å². The first-order valence-electron chi connectivity index (χ1n) is 12.8. The Kier molecular flexibility index (Phi) is 11.4. The molecule has 0 saturated heterocycles. The van der Waals surface area contributed by atoms with Crippen molar-refractivity contribution in [2.75, 3.05) is 0 Å². The number of carbonyl (C=O) groups is 1. The van der Waals surface area contributed by atoms with Crippen LogP contribution in [-0.4, -0.2) is 15.6 Å². The van der Waals surface area contributed by atoms with Gasteiger partial charge in [-0.3, -0.25) is 4.79 Å². The first kappa shape index (κ1) is 26.0. The van der Waals surface area contributed by atoms with Gasteiger partial charge < -0.3 is 15.4 Å². The SMILES string of the molecule is CCCCCCCCCCCn1c(C)c(C(N)=O)c(-c2cccc(O)c2)c1CCCCC. The fraction of sp³-hybridized carbons (Fsp3) is 0.607. The second-order valence-electron chi connectivity index (χ2n) is 9.13. The largest absolute Gasteiger partial charge is 0.508 e. The summed E-state index contributed by atoms with van der Waals surface area (Å²) >= 11 is 0. The first-order chi connectivity index (χ1) is 15.5. The number of aromatic nitrogens is 1. The molecular formula is C28H44N2O2. The van der Waals surface area contributed by atoms with Crippen LogP contribution in [0.2, 0.25) is 0 Å². The Hall–Kier alpha value is -2.23. The van der Waals surface area contributed by atoms with E-state index in [2.05, 4.69) is 18.4 Å². The van der Waals surface area contributed by atoms with E-state index < -0.39 is 0 Å². The molecule has 0 unspecified atom stereocenters. The van der Waals surface area contributed by atoms with Crippen LogP contribution in [0.25, 0.3) is 11.1 Å². The van der Waals surface area contributed by atoms with Crippen LogP contribution in [0, 0.1) is 6.92 Å². The van der Waals surface area contributed by atoms with Crippen molar-refractivity contribution in [2.24, 2.45) is 5.73 Å². The van der Waals surface area contributed by atoms with Crippen LogP contribution in [0.5, 0.6) is 5.75 Å². The Morgan fingerprint density at radius 1 is 0.906 bits per heavy atom. The molecule has 0 saturated carbocycles. The van der Waals surface area contributed by atoms with Crippen LogP contribution in [0.3, 0.4) is 0 Å². The lowest BCUT2D eigenvalue weighted by molar-refractivity contribution is 0.1000. The van der Waals surface area contributed by atoms with Gasteiger partial charge in [-0.15, -0.1) is 0 Å². The summed E-state index contributed by atoms with van der Waals surface area (Å²) in [4.78, 5) is 12.5. The van der Waals surface area contributed by atoms with E-state index in [0.717, 1.165) is 55.5 Å². The number of amides is 1. The summed E-state index contributed by atoms with van der Waals surface area (Å²) in [5, 5.41) is 10.1. The Balaban J connectivity index is 2.18. The maximum Gasteiger partial charge on any atom is 0.251 e. The van der Waals surface area contributed by atoms with Gasteiger partial charge in [0.25, 0.3) is 5.91 Å². The highest BCUT2D eigenvalue weighted by atomic mass is 16.3. The fourth-order valence-electron chi connectivity index (χ4n) is 4.76. The van der Waals surface area contributed by atoms with Crippen molar-refractivity contribution in [3.63, 3.8) is 0 Å². The zero-order chi connectivity index (χ0) is 23.3. The zero-order valence-corrected chi connectivity index (χ0v) is 20.6. The highest BCUT2D eigenvalue weighted by molar-refractivity contribution is 6.02. The fourth-order valence-corrected chi connectivity index (χ4v) is 4.76. The van der Waals surface area contributed by atoms with E-state index in [1.807, 2.05) is 19.1 Å². The van der Waals surface area contributed by atoms with Gasteiger partial charge in [0, 0.05) is 23.5 Å². The first-order valence-corrected chi connectivity index (χ1v) is 12.8. The van der Waals surface area contributed by atoms with Crippen LogP contribution >= 0.6 is 0 Å². The number of phenols is 1. The van der Waals surface area contributed by atoms with E-state index in [1.165, 1.54) is 57.1 Å². The molecule has 0 aliphatic heterocycles. The number of aromatic hydroxyl groups is 1. The summed E-state index contributed by atoms with van der Waals surface area (Å²) in [5.41, 5.74) is 10.4. The summed E-state index contributed by atoms with van der Waals surface area (Å²) in [7, 11) is 0. The molecule has 32 heavy (non-hydrogen) atoms. The Labute approximate surface area is 195 Å². The third-order valence-corrected chi connectivity index (χ3v) is 6.51. The molecule has 1 aromatic heterocycles. The molecule has 4 heteroatoms. The molecule has 2 aromatic rings. The molecular weight excluding hydrogens is 396 g/mol. The lowest BCUT2D eigenvalue weighted by Gasteiger charge is -2.14. The van der Waals surface area contributed by atoms with Crippen LogP contribution in [0.15, 0.2) is 24.3 Å². The van der Waals surface area contributed by atoms with Gasteiger partial charge in [0.05, 0.1) is 5.56 Å². The topological polar surface area (TPSA) is 68.2 Å². The van der Waals surface area contributed by atoms with E-state index in [4.69, 9.17) is 5.73 Å². The lowest BCUT2D eigenvalue weighted by atomic mass is 9.97. The van der Waals surface area contributed by atoms with Crippen molar-refractivity contribution < 1.29 is 9.90 Å². The normalized spacial score (nSPS) is 11.2. The quantitative estimate of drug-likeness (QED) is 0.265. The molecule has 0 radical (unpaired) electrons. The number of primary amides is 1. The zero-order valence-electron chi connectivity index (χ0n) is 20.6. The van der Waals surface area contributed by atoms with E-state index in [-0.39, 0.29) is 11.7 Å². The second-order valence-corrected chi connectivity index (χ2v) is 9.13. The summed E-state index contributed by atoms with van der Waals surface area (Å²) in [6.07, 6.45) is 16.0. The molecule has 0 spiro atoms. The summed E-state index contributed by atoms with van der Waals surface area (Å²) in [5.74, 6) is -0.176. The van der Waals surface area contributed by atoms with Gasteiger partial charge in [0.1, 0.15) is 5.75 Å². The molecule has 0 fully saturated rings. The predicted octanol–water partition coefficient (Wildman–Crippen LogP) is 7.53. The van der Waals surface area contributed by atoms with E-state index in [1.54, 1.807) is 12.1 Å².